The molecule has 126 valence electrons. The molecule has 1 aromatic rings. The number of benzene rings is 1. The lowest BCUT2D eigenvalue weighted by Gasteiger charge is -2.35. The Morgan fingerprint density at radius 2 is 2.13 bits per heavy atom. The molecule has 1 N–H and O–H groups in total. The van der Waals surface area contributed by atoms with Gasteiger partial charge in [-0.3, -0.25) is 4.79 Å². The van der Waals surface area contributed by atoms with E-state index in [-0.39, 0.29) is 12.0 Å². The summed E-state index contributed by atoms with van der Waals surface area (Å²) in [5.41, 5.74) is 0. The Morgan fingerprint density at radius 3 is 2.83 bits per heavy atom. The van der Waals surface area contributed by atoms with Crippen LogP contribution in [0.4, 0.5) is 0 Å². The Labute approximate surface area is 146 Å². The summed E-state index contributed by atoms with van der Waals surface area (Å²) in [4.78, 5) is 14.0. The van der Waals surface area contributed by atoms with Gasteiger partial charge >= 0.3 is 0 Å². The van der Waals surface area contributed by atoms with Gasteiger partial charge in [-0.25, -0.2) is 0 Å². The number of hydrogen-bond acceptors (Lipinski definition) is 4. The molecule has 0 unspecified atom stereocenters. The number of thioether (sulfide) groups is 1. The molecule has 1 amide bonds. The topological polar surface area (TPSA) is 49.8 Å². The number of rotatable bonds is 4. The Bertz CT molecular complexity index is 571. The minimum Gasteiger partial charge on any atom is -0.488 e. The number of ether oxygens (including phenoxy) is 1. The van der Waals surface area contributed by atoms with Crippen LogP contribution < -0.4 is 4.74 Å². The molecule has 0 radical (unpaired) electrons. The number of nitrogens with zero attached hydrogens (tertiary/aromatic N) is 1. The number of amides is 1. The fourth-order valence-corrected chi connectivity index (χ4v) is 4.26. The van der Waals surface area contributed by atoms with Crippen molar-refractivity contribution < 1.29 is 14.6 Å². The zero-order chi connectivity index (χ0) is 16.4. The maximum absolute atomic E-state index is 12.1. The van der Waals surface area contributed by atoms with Crippen LogP contribution in [0.15, 0.2) is 24.3 Å². The van der Waals surface area contributed by atoms with E-state index >= 15 is 0 Å². The first-order valence-electron chi connectivity index (χ1n) is 7.94. The van der Waals surface area contributed by atoms with Gasteiger partial charge in [0, 0.05) is 18.1 Å². The highest BCUT2D eigenvalue weighted by Crippen LogP contribution is 2.38. The number of likely N-dealkylation sites (tertiary alicyclic amines) is 1. The molecule has 4 atom stereocenters. The molecule has 1 heterocycles. The molecule has 4 nitrogen and oxygen atoms in total. The van der Waals surface area contributed by atoms with Crippen LogP contribution in [0.3, 0.4) is 0 Å². The zero-order valence-corrected chi connectivity index (χ0v) is 14.7. The number of carbonyl (C=O) groups is 1. The second-order valence-corrected chi connectivity index (χ2v) is 7.71. The minimum absolute atomic E-state index is 0.202. The van der Waals surface area contributed by atoms with Gasteiger partial charge in [-0.15, -0.1) is 0 Å². The second kappa shape index (κ2) is 7.32. The number of aliphatic hydroxyl groups excluding tert-OH is 1. The molecule has 3 rings (SSSR count). The molecule has 1 aromatic carbocycles. The first-order chi connectivity index (χ1) is 11.1. The number of carbonyl (C=O) groups excluding carboxylic acids is 1. The van der Waals surface area contributed by atoms with Gasteiger partial charge in [0.05, 0.1) is 11.9 Å². The van der Waals surface area contributed by atoms with Crippen LogP contribution in [0.1, 0.15) is 12.8 Å². The van der Waals surface area contributed by atoms with Crippen molar-refractivity contribution in [2.75, 3.05) is 25.1 Å². The van der Waals surface area contributed by atoms with Crippen LogP contribution in [-0.4, -0.2) is 53.2 Å². The van der Waals surface area contributed by atoms with Crippen molar-refractivity contribution in [1.29, 1.82) is 0 Å². The van der Waals surface area contributed by atoms with E-state index in [1.807, 2.05) is 23.3 Å². The largest absolute Gasteiger partial charge is 0.488 e. The molecular formula is C17H22ClNO3S. The van der Waals surface area contributed by atoms with Crippen molar-refractivity contribution >= 4 is 29.3 Å². The first-order valence-corrected chi connectivity index (χ1v) is 9.71. The molecule has 2 aliphatic rings. The van der Waals surface area contributed by atoms with E-state index in [1.165, 1.54) is 0 Å². The van der Waals surface area contributed by atoms with Crippen molar-refractivity contribution in [2.45, 2.75) is 25.0 Å². The third kappa shape index (κ3) is 3.95. The van der Waals surface area contributed by atoms with Crippen LogP contribution in [0.5, 0.6) is 5.75 Å². The SMILES string of the molecule is CSCC(=O)N1C[C@H]2C[C@@H](Oc3cccc(Cl)c3)[C@H](O)C[C@H]2C1. The van der Waals surface area contributed by atoms with Gasteiger partial charge in [0.15, 0.2) is 0 Å². The van der Waals surface area contributed by atoms with Crippen molar-refractivity contribution in [1.82, 2.24) is 4.90 Å². The maximum Gasteiger partial charge on any atom is 0.232 e. The zero-order valence-electron chi connectivity index (χ0n) is 13.2. The van der Waals surface area contributed by atoms with Crippen molar-refractivity contribution in [3.63, 3.8) is 0 Å². The number of aliphatic hydroxyl groups is 1. The summed E-state index contributed by atoms with van der Waals surface area (Å²) in [6, 6.07) is 7.26. The van der Waals surface area contributed by atoms with Crippen LogP contribution >= 0.6 is 23.4 Å². The molecule has 23 heavy (non-hydrogen) atoms. The molecular weight excluding hydrogens is 334 g/mol. The number of fused-ring (bicyclic) bond motifs is 1. The van der Waals surface area contributed by atoms with Gasteiger partial charge in [-0.1, -0.05) is 17.7 Å². The predicted octanol–water partition coefficient (Wildman–Crippen LogP) is 2.68. The van der Waals surface area contributed by atoms with Crippen LogP contribution in [0.25, 0.3) is 0 Å². The highest BCUT2D eigenvalue weighted by Gasteiger charge is 2.43. The lowest BCUT2D eigenvalue weighted by molar-refractivity contribution is -0.127. The van der Waals surface area contributed by atoms with Crippen LogP contribution in [0, 0.1) is 11.8 Å². The van der Waals surface area contributed by atoms with Gasteiger partial charge in [-0.2, -0.15) is 11.8 Å². The summed E-state index contributed by atoms with van der Waals surface area (Å²) in [6.07, 6.45) is 2.69. The summed E-state index contributed by atoms with van der Waals surface area (Å²) >= 11 is 7.54. The van der Waals surface area contributed by atoms with Crippen molar-refractivity contribution in [2.24, 2.45) is 11.8 Å². The standard InChI is InChI=1S/C17H22ClNO3S/c1-23-10-17(21)19-8-11-5-15(20)16(6-12(11)9-19)22-14-4-2-3-13(18)7-14/h2-4,7,11-12,15-16,20H,5-6,8-10H2,1H3/t11-,12+,15+,16+/m0/s1. The summed E-state index contributed by atoms with van der Waals surface area (Å²) in [5, 5.41) is 11.0. The van der Waals surface area contributed by atoms with E-state index < -0.39 is 6.10 Å². The molecule has 6 heteroatoms. The normalized spacial score (nSPS) is 30.1. The van der Waals surface area contributed by atoms with E-state index in [9.17, 15) is 9.90 Å². The molecule has 0 spiro atoms. The van der Waals surface area contributed by atoms with Crippen LogP contribution in [0.2, 0.25) is 5.02 Å². The van der Waals surface area contributed by atoms with E-state index in [2.05, 4.69) is 0 Å². The Kier molecular flexibility index (Phi) is 5.39. The molecule has 1 saturated heterocycles. The monoisotopic (exact) mass is 355 g/mol. The van der Waals surface area contributed by atoms with Gasteiger partial charge in [0.1, 0.15) is 11.9 Å². The minimum atomic E-state index is -0.495. The quantitative estimate of drug-likeness (QED) is 0.902. The number of hydrogen-bond donors (Lipinski definition) is 1. The van der Waals surface area contributed by atoms with Gasteiger partial charge in [0.25, 0.3) is 0 Å². The average molecular weight is 356 g/mol. The van der Waals surface area contributed by atoms with Crippen molar-refractivity contribution in [3.8, 4) is 5.75 Å². The van der Waals surface area contributed by atoms with E-state index in [0.717, 1.165) is 19.5 Å². The van der Waals surface area contributed by atoms with Gasteiger partial charge in [-0.05, 0) is 49.1 Å². The third-order valence-corrected chi connectivity index (χ3v) is 5.56. The maximum atomic E-state index is 12.1. The smallest absolute Gasteiger partial charge is 0.232 e. The van der Waals surface area contributed by atoms with Gasteiger partial charge < -0.3 is 14.7 Å². The van der Waals surface area contributed by atoms with Crippen LogP contribution in [-0.2, 0) is 4.79 Å². The highest BCUT2D eigenvalue weighted by atomic mass is 35.5. The molecule has 0 bridgehead atoms. The summed E-state index contributed by atoms with van der Waals surface area (Å²) in [5.74, 6) is 2.22. The third-order valence-electron chi connectivity index (χ3n) is 4.79. The predicted molar refractivity (Wildman–Crippen MR) is 93.1 cm³/mol. The lowest BCUT2D eigenvalue weighted by Crippen LogP contribution is -2.42. The fraction of sp³-hybridized carbons (Fsp3) is 0.588. The Morgan fingerprint density at radius 1 is 1.39 bits per heavy atom. The van der Waals surface area contributed by atoms with Crippen molar-refractivity contribution in [3.05, 3.63) is 29.3 Å². The molecule has 1 aliphatic carbocycles. The van der Waals surface area contributed by atoms with E-state index in [1.54, 1.807) is 23.9 Å². The lowest BCUT2D eigenvalue weighted by atomic mass is 9.78. The molecule has 0 aromatic heterocycles. The fourth-order valence-electron chi connectivity index (χ4n) is 3.65. The average Bonchev–Trinajstić information content (AvgIpc) is 2.91. The number of halogens is 1. The molecule has 1 aliphatic heterocycles. The van der Waals surface area contributed by atoms with E-state index in [0.29, 0.717) is 34.8 Å². The van der Waals surface area contributed by atoms with E-state index in [4.69, 9.17) is 16.3 Å². The Balaban J connectivity index is 1.62. The Hall–Kier alpha value is -0.910. The second-order valence-electron chi connectivity index (χ2n) is 6.40. The van der Waals surface area contributed by atoms with Gasteiger partial charge in [0.2, 0.25) is 5.91 Å². The summed E-state index contributed by atoms with van der Waals surface area (Å²) < 4.78 is 5.96. The summed E-state index contributed by atoms with van der Waals surface area (Å²) in [6.45, 7) is 1.55. The highest BCUT2D eigenvalue weighted by molar-refractivity contribution is 7.99. The molecule has 1 saturated carbocycles. The molecule has 2 fully saturated rings. The summed E-state index contributed by atoms with van der Waals surface area (Å²) in [7, 11) is 0. The first kappa shape index (κ1) is 16.9.